The van der Waals surface area contributed by atoms with Gasteiger partial charge in [-0.3, -0.25) is 14.4 Å². The summed E-state index contributed by atoms with van der Waals surface area (Å²) in [6, 6.07) is 1.88. The maximum atomic E-state index is 13.0. The molecule has 190 valence electrons. The van der Waals surface area contributed by atoms with Crippen LogP contribution in [0.3, 0.4) is 0 Å². The Kier molecular flexibility index (Phi) is 9.76. The molecule has 4 unspecified atom stereocenters. The Morgan fingerprint density at radius 2 is 1.57 bits per heavy atom. The molecule has 1 aromatic heterocycles. The Morgan fingerprint density at radius 1 is 0.943 bits per heavy atom. The molecule has 0 fully saturated rings. The van der Waals surface area contributed by atoms with Gasteiger partial charge >= 0.3 is 5.97 Å². The molecule has 0 bridgehead atoms. The molecule has 12 nitrogen and oxygen atoms in total. The lowest BCUT2D eigenvalue weighted by atomic mass is 10.0. The number of benzene rings is 1. The van der Waals surface area contributed by atoms with E-state index in [1.54, 1.807) is 26.0 Å². The summed E-state index contributed by atoms with van der Waals surface area (Å²) >= 11 is 0. The minimum absolute atomic E-state index is 0.0195. The third-order valence-corrected chi connectivity index (χ3v) is 5.38. The monoisotopic (exact) mass is 488 g/mol. The number of H-pyrrole nitrogens is 1. The Morgan fingerprint density at radius 3 is 2.11 bits per heavy atom. The standard InChI is InChI=1S/C23H32N6O6/c1-12(2)19(24)22(33)28-17(8-14-4-6-16(30)7-5-14)21(32)27-13(3)20(31)29-18(23(34)35)9-15-10-25-11-26-15/h4-7,10-13,17-19,30H,8-9,24H2,1-3H3,(H,25,26)(H,27,32)(H,28,33)(H,29,31)(H,34,35). The molecule has 0 saturated heterocycles. The molecule has 0 saturated carbocycles. The number of aromatic hydroxyl groups is 1. The fourth-order valence-corrected chi connectivity index (χ4v) is 3.14. The summed E-state index contributed by atoms with van der Waals surface area (Å²) in [4.78, 5) is 56.3. The number of carbonyl (C=O) groups is 4. The molecular formula is C23H32N6O6. The summed E-state index contributed by atoms with van der Waals surface area (Å²) in [5.74, 6) is -3.24. The Hall–Kier alpha value is -3.93. The number of phenols is 1. The second kappa shape index (κ2) is 12.5. The number of aromatic amines is 1. The van der Waals surface area contributed by atoms with E-state index in [4.69, 9.17) is 5.73 Å². The fourth-order valence-electron chi connectivity index (χ4n) is 3.14. The number of hydrogen-bond acceptors (Lipinski definition) is 7. The van der Waals surface area contributed by atoms with Crippen molar-refractivity contribution < 1.29 is 29.4 Å². The largest absolute Gasteiger partial charge is 0.508 e. The number of aromatic nitrogens is 2. The van der Waals surface area contributed by atoms with Gasteiger partial charge in [0.1, 0.15) is 23.9 Å². The average Bonchev–Trinajstić information content (AvgIpc) is 3.31. The van der Waals surface area contributed by atoms with Crippen molar-refractivity contribution in [3.63, 3.8) is 0 Å². The van der Waals surface area contributed by atoms with Crippen LogP contribution in [0.2, 0.25) is 0 Å². The number of carboxylic acids is 1. The van der Waals surface area contributed by atoms with Crippen molar-refractivity contribution in [3.05, 3.63) is 48.0 Å². The van der Waals surface area contributed by atoms with Gasteiger partial charge in [-0.15, -0.1) is 0 Å². The summed E-state index contributed by atoms with van der Waals surface area (Å²) in [6.07, 6.45) is 2.90. The van der Waals surface area contributed by atoms with E-state index in [1.165, 1.54) is 31.6 Å². The minimum Gasteiger partial charge on any atom is -0.508 e. The van der Waals surface area contributed by atoms with Crippen LogP contribution in [-0.2, 0) is 32.0 Å². The molecule has 0 aliphatic heterocycles. The van der Waals surface area contributed by atoms with Gasteiger partial charge in [0.05, 0.1) is 12.4 Å². The van der Waals surface area contributed by atoms with Gasteiger partial charge in [0.15, 0.2) is 0 Å². The normalized spacial score (nSPS) is 14.4. The topological polar surface area (TPSA) is 200 Å². The molecule has 0 spiro atoms. The van der Waals surface area contributed by atoms with Gasteiger partial charge in [-0.05, 0) is 30.5 Å². The minimum atomic E-state index is -1.24. The number of nitrogens with zero attached hydrogens (tertiary/aromatic N) is 1. The molecule has 35 heavy (non-hydrogen) atoms. The van der Waals surface area contributed by atoms with Crippen molar-refractivity contribution >= 4 is 23.7 Å². The van der Waals surface area contributed by atoms with Crippen molar-refractivity contribution in [2.24, 2.45) is 11.7 Å². The van der Waals surface area contributed by atoms with E-state index in [9.17, 15) is 29.4 Å². The van der Waals surface area contributed by atoms with Gasteiger partial charge in [-0.2, -0.15) is 0 Å². The Balaban J connectivity index is 2.09. The Bertz CT molecular complexity index is 1010. The van der Waals surface area contributed by atoms with Crippen molar-refractivity contribution in [1.29, 1.82) is 0 Å². The first-order valence-corrected chi connectivity index (χ1v) is 11.1. The molecule has 8 N–H and O–H groups in total. The highest BCUT2D eigenvalue weighted by atomic mass is 16.4. The van der Waals surface area contributed by atoms with Crippen LogP contribution in [0.5, 0.6) is 5.75 Å². The molecule has 1 aromatic carbocycles. The summed E-state index contributed by atoms with van der Waals surface area (Å²) in [7, 11) is 0. The quantitative estimate of drug-likeness (QED) is 0.206. The number of carbonyl (C=O) groups excluding carboxylic acids is 3. The van der Waals surface area contributed by atoms with Crippen LogP contribution in [0.4, 0.5) is 0 Å². The lowest BCUT2D eigenvalue weighted by molar-refractivity contribution is -0.142. The number of imidazole rings is 1. The van der Waals surface area contributed by atoms with Gasteiger partial charge < -0.3 is 36.9 Å². The first-order chi connectivity index (χ1) is 16.5. The summed E-state index contributed by atoms with van der Waals surface area (Å²) < 4.78 is 0. The molecule has 0 aliphatic carbocycles. The number of nitrogens with one attached hydrogen (secondary N) is 4. The van der Waals surface area contributed by atoms with Crippen LogP contribution in [0.25, 0.3) is 0 Å². The zero-order valence-electron chi connectivity index (χ0n) is 19.8. The molecule has 4 atom stereocenters. The number of aliphatic carboxylic acids is 1. The van der Waals surface area contributed by atoms with Gasteiger partial charge in [-0.25, -0.2) is 9.78 Å². The highest BCUT2D eigenvalue weighted by Crippen LogP contribution is 2.12. The van der Waals surface area contributed by atoms with Crippen molar-refractivity contribution in [2.75, 3.05) is 0 Å². The molecule has 0 radical (unpaired) electrons. The third-order valence-electron chi connectivity index (χ3n) is 5.38. The maximum Gasteiger partial charge on any atom is 0.326 e. The highest BCUT2D eigenvalue weighted by Gasteiger charge is 2.29. The van der Waals surface area contributed by atoms with Gasteiger partial charge in [0, 0.05) is 24.7 Å². The molecular weight excluding hydrogens is 456 g/mol. The number of amides is 3. The van der Waals surface area contributed by atoms with Crippen LogP contribution >= 0.6 is 0 Å². The fraction of sp³-hybridized carbons (Fsp3) is 0.435. The van der Waals surface area contributed by atoms with Gasteiger partial charge in [-0.1, -0.05) is 26.0 Å². The number of phenolic OH excluding ortho intramolecular Hbond substituents is 1. The first kappa shape index (κ1) is 27.3. The number of nitrogens with two attached hydrogens (primary N) is 1. The van der Waals surface area contributed by atoms with Crippen LogP contribution < -0.4 is 21.7 Å². The zero-order valence-corrected chi connectivity index (χ0v) is 19.8. The Labute approximate surface area is 202 Å². The molecule has 0 aliphatic rings. The summed E-state index contributed by atoms with van der Waals surface area (Å²) in [6.45, 7) is 4.95. The second-order valence-corrected chi connectivity index (χ2v) is 8.61. The van der Waals surface area contributed by atoms with E-state index in [0.717, 1.165) is 0 Å². The smallest absolute Gasteiger partial charge is 0.326 e. The lowest BCUT2D eigenvalue weighted by Crippen LogP contribution is -2.57. The first-order valence-electron chi connectivity index (χ1n) is 11.1. The zero-order chi connectivity index (χ0) is 26.1. The average molecular weight is 489 g/mol. The number of rotatable bonds is 12. The van der Waals surface area contributed by atoms with E-state index >= 15 is 0 Å². The van der Waals surface area contributed by atoms with Crippen LogP contribution in [0.15, 0.2) is 36.8 Å². The van der Waals surface area contributed by atoms with Crippen LogP contribution in [0.1, 0.15) is 32.0 Å². The van der Waals surface area contributed by atoms with Crippen molar-refractivity contribution in [1.82, 2.24) is 25.9 Å². The predicted octanol–water partition coefficient (Wildman–Crippen LogP) is -0.557. The molecule has 2 rings (SSSR count). The third kappa shape index (κ3) is 8.41. The van der Waals surface area contributed by atoms with E-state index in [2.05, 4.69) is 25.9 Å². The van der Waals surface area contributed by atoms with E-state index < -0.39 is 47.9 Å². The van der Waals surface area contributed by atoms with Crippen molar-refractivity contribution in [2.45, 2.75) is 57.8 Å². The summed E-state index contributed by atoms with van der Waals surface area (Å²) in [5.41, 5.74) is 7.08. The SMILES string of the molecule is CC(NC(=O)C(Cc1ccc(O)cc1)NC(=O)C(N)C(C)C)C(=O)NC(Cc1cnc[nH]1)C(=O)O. The lowest BCUT2D eigenvalue weighted by Gasteiger charge is -2.24. The molecule has 3 amide bonds. The summed E-state index contributed by atoms with van der Waals surface area (Å²) in [5, 5.41) is 26.5. The van der Waals surface area contributed by atoms with E-state index in [0.29, 0.717) is 11.3 Å². The van der Waals surface area contributed by atoms with E-state index in [1.807, 2.05) is 0 Å². The molecule has 2 aromatic rings. The maximum absolute atomic E-state index is 13.0. The van der Waals surface area contributed by atoms with Crippen LogP contribution in [0, 0.1) is 5.92 Å². The van der Waals surface area contributed by atoms with Crippen LogP contribution in [-0.4, -0.2) is 68.0 Å². The van der Waals surface area contributed by atoms with Gasteiger partial charge in [0.25, 0.3) is 0 Å². The van der Waals surface area contributed by atoms with E-state index in [-0.39, 0.29) is 24.5 Å². The predicted molar refractivity (Wildman–Crippen MR) is 126 cm³/mol. The second-order valence-electron chi connectivity index (χ2n) is 8.61. The van der Waals surface area contributed by atoms with Gasteiger partial charge in [0.2, 0.25) is 17.7 Å². The molecule has 1 heterocycles. The number of hydrogen-bond donors (Lipinski definition) is 7. The highest BCUT2D eigenvalue weighted by molar-refractivity contribution is 5.94. The molecule has 12 heteroatoms. The van der Waals surface area contributed by atoms with Crippen molar-refractivity contribution in [3.8, 4) is 5.75 Å². The number of carboxylic acid groups (broad SMARTS) is 1.